The van der Waals surface area contributed by atoms with E-state index in [0.717, 1.165) is 17.0 Å². The monoisotopic (exact) mass is 252 g/mol. The van der Waals surface area contributed by atoms with E-state index in [-0.39, 0.29) is 5.41 Å². The lowest BCUT2D eigenvalue weighted by atomic mass is 9.81. The second-order valence-corrected chi connectivity index (χ2v) is 4.80. The molecule has 0 bridgehead atoms. The van der Waals surface area contributed by atoms with Crippen molar-refractivity contribution in [1.82, 2.24) is 9.97 Å². The summed E-state index contributed by atoms with van der Waals surface area (Å²) < 4.78 is 5.32. The molecule has 0 saturated carbocycles. The standard InChI is InChI=1S/C14H14N2O.Al/c1-10-8-15-9-13(16-10)14(2,3)11-6-4-5-7-12(11)17;/h1,4-9,17H,2-3H3;/q;+1/p-1. The van der Waals surface area contributed by atoms with Crippen LogP contribution in [0.5, 0.6) is 5.75 Å². The highest BCUT2D eigenvalue weighted by molar-refractivity contribution is 6.00. The maximum atomic E-state index is 5.69. The number of hydrogen-bond donors (Lipinski definition) is 0. The molecular formula is C14H13AlN2O. The molecule has 0 aliphatic rings. The van der Waals surface area contributed by atoms with Gasteiger partial charge in [-0.25, -0.2) is 0 Å². The highest BCUT2D eigenvalue weighted by Gasteiger charge is 2.27. The molecule has 4 radical (unpaired) electrons. The maximum Gasteiger partial charge on any atom is 0.482 e. The van der Waals surface area contributed by atoms with Crippen LogP contribution in [0.25, 0.3) is 0 Å². The molecule has 0 atom stereocenters. The van der Waals surface area contributed by atoms with Gasteiger partial charge in [-0.2, -0.15) is 0 Å². The van der Waals surface area contributed by atoms with Crippen molar-refractivity contribution in [3.8, 4) is 5.75 Å². The lowest BCUT2D eigenvalue weighted by molar-refractivity contribution is 0.548. The van der Waals surface area contributed by atoms with Gasteiger partial charge in [0.2, 0.25) is 0 Å². The molecule has 88 valence electrons. The summed E-state index contributed by atoms with van der Waals surface area (Å²) in [4.78, 5) is 8.45. The van der Waals surface area contributed by atoms with Crippen LogP contribution in [0.3, 0.4) is 0 Å². The largest absolute Gasteiger partial charge is 0.653 e. The van der Waals surface area contributed by atoms with Gasteiger partial charge in [0.05, 0.1) is 17.1 Å². The third kappa shape index (κ3) is 2.40. The first kappa shape index (κ1) is 13.1. The van der Waals surface area contributed by atoms with E-state index in [0.29, 0.717) is 5.69 Å². The van der Waals surface area contributed by atoms with E-state index in [1.165, 1.54) is 6.20 Å². The summed E-state index contributed by atoms with van der Waals surface area (Å²) in [6, 6.07) is 7.85. The fourth-order valence-corrected chi connectivity index (χ4v) is 2.11. The van der Waals surface area contributed by atoms with E-state index >= 15 is 0 Å². The third-order valence-corrected chi connectivity index (χ3v) is 3.23. The Kier molecular flexibility index (Phi) is 3.70. The maximum absolute atomic E-state index is 5.69. The van der Waals surface area contributed by atoms with Gasteiger partial charge in [0.15, 0.2) is 0 Å². The fourth-order valence-electron chi connectivity index (χ4n) is 1.91. The van der Waals surface area contributed by atoms with Crippen LogP contribution >= 0.6 is 0 Å². The molecular weight excluding hydrogens is 239 g/mol. The molecule has 0 saturated heterocycles. The van der Waals surface area contributed by atoms with E-state index in [2.05, 4.69) is 40.4 Å². The van der Waals surface area contributed by atoms with Crippen molar-refractivity contribution in [1.29, 1.82) is 0 Å². The van der Waals surface area contributed by atoms with Crippen LogP contribution in [0.2, 0.25) is 0 Å². The Bertz CT molecular complexity index is 555. The van der Waals surface area contributed by atoms with E-state index in [1.54, 1.807) is 6.20 Å². The first-order chi connectivity index (χ1) is 8.55. The molecule has 1 heterocycles. The number of aromatic nitrogens is 2. The highest BCUT2D eigenvalue weighted by Crippen LogP contribution is 2.35. The third-order valence-electron chi connectivity index (χ3n) is 2.98. The van der Waals surface area contributed by atoms with E-state index in [1.807, 2.05) is 24.3 Å². The Balaban J connectivity index is 2.54. The lowest BCUT2D eigenvalue weighted by Crippen LogP contribution is -2.22. The Labute approximate surface area is 116 Å². The van der Waals surface area contributed by atoms with Crippen molar-refractivity contribution in [2.75, 3.05) is 0 Å². The molecule has 0 unspecified atom stereocenters. The topological polar surface area (TPSA) is 35.0 Å². The van der Waals surface area contributed by atoms with Crippen molar-refractivity contribution in [2.24, 2.45) is 0 Å². The van der Waals surface area contributed by atoms with Crippen molar-refractivity contribution in [2.45, 2.75) is 19.3 Å². The summed E-state index contributed by atoms with van der Waals surface area (Å²) in [6.45, 7) is 9.83. The Morgan fingerprint density at radius 3 is 2.61 bits per heavy atom. The molecule has 0 amide bonds. The molecule has 1 aromatic heterocycles. The van der Waals surface area contributed by atoms with Crippen LogP contribution in [-0.4, -0.2) is 26.6 Å². The highest BCUT2D eigenvalue weighted by atomic mass is 27.1. The smallest absolute Gasteiger partial charge is 0.482 e. The van der Waals surface area contributed by atoms with Crippen molar-refractivity contribution in [3.63, 3.8) is 0 Å². The minimum atomic E-state index is -0.324. The average molecular weight is 252 g/mol. The summed E-state index contributed by atoms with van der Waals surface area (Å²) >= 11 is 2.27. The summed E-state index contributed by atoms with van der Waals surface area (Å²) in [6.07, 6.45) is 3.27. The van der Waals surface area contributed by atoms with E-state index in [4.69, 9.17) is 10.7 Å². The van der Waals surface area contributed by atoms with Gasteiger partial charge in [0.1, 0.15) is 0 Å². The normalized spacial score (nSPS) is 11.3. The average Bonchev–Trinajstić information content (AvgIpc) is 2.38. The Morgan fingerprint density at radius 2 is 1.94 bits per heavy atom. The molecule has 2 rings (SSSR count). The zero-order chi connectivity index (χ0) is 13.2. The number of rotatable bonds is 3. The predicted molar refractivity (Wildman–Crippen MR) is 70.4 cm³/mol. The molecule has 3 nitrogen and oxygen atoms in total. The first-order valence-corrected chi connectivity index (χ1v) is 6.07. The van der Waals surface area contributed by atoms with Gasteiger partial charge < -0.3 is 3.79 Å². The molecule has 4 heteroatoms. The van der Waals surface area contributed by atoms with Crippen LogP contribution in [-0.2, 0) is 5.41 Å². The number of para-hydroxylation sites is 1. The van der Waals surface area contributed by atoms with E-state index in [9.17, 15) is 0 Å². The quantitative estimate of drug-likeness (QED) is 0.786. The number of benzene rings is 1. The first-order valence-electron chi connectivity index (χ1n) is 5.60. The van der Waals surface area contributed by atoms with Gasteiger partial charge >= 0.3 is 16.6 Å². The number of hydrogen-bond acceptors (Lipinski definition) is 3. The number of nitrogens with zero attached hydrogens (tertiary/aromatic N) is 2. The van der Waals surface area contributed by atoms with Gasteiger partial charge in [-0.05, 0) is 19.9 Å². The SMILES string of the molecule is [CH]c1cncc(C(C)(C)c2ccccc2[O][Al])n1. The minimum Gasteiger partial charge on any atom is -0.653 e. The minimum absolute atomic E-state index is 0.324. The Morgan fingerprint density at radius 1 is 1.22 bits per heavy atom. The molecule has 1 aromatic carbocycles. The summed E-state index contributed by atoms with van der Waals surface area (Å²) in [5, 5.41) is 0. The molecule has 0 N–H and O–H groups in total. The fraction of sp³-hybridized carbons (Fsp3) is 0.214. The van der Waals surface area contributed by atoms with Gasteiger partial charge in [-0.1, -0.05) is 18.2 Å². The molecule has 18 heavy (non-hydrogen) atoms. The van der Waals surface area contributed by atoms with Gasteiger partial charge in [0, 0.05) is 30.3 Å². The van der Waals surface area contributed by atoms with Crippen molar-refractivity contribution < 1.29 is 3.79 Å². The summed E-state index contributed by atoms with van der Waals surface area (Å²) in [7, 11) is 0. The van der Waals surface area contributed by atoms with Crippen molar-refractivity contribution >= 4 is 16.6 Å². The zero-order valence-corrected chi connectivity index (χ0v) is 11.6. The van der Waals surface area contributed by atoms with E-state index < -0.39 is 0 Å². The molecule has 0 spiro atoms. The van der Waals surface area contributed by atoms with Crippen LogP contribution in [0.4, 0.5) is 0 Å². The summed E-state index contributed by atoms with van der Waals surface area (Å²) in [5.41, 5.74) is 1.96. The molecule has 0 fully saturated rings. The van der Waals surface area contributed by atoms with Gasteiger partial charge in [-0.15, -0.1) is 0 Å². The molecule has 0 aliphatic heterocycles. The predicted octanol–water partition coefficient (Wildman–Crippen LogP) is 2.32. The van der Waals surface area contributed by atoms with Crippen molar-refractivity contribution in [3.05, 3.63) is 60.5 Å². The van der Waals surface area contributed by atoms with Crippen LogP contribution in [0, 0.1) is 6.92 Å². The van der Waals surface area contributed by atoms with Crippen LogP contribution < -0.4 is 3.79 Å². The second kappa shape index (κ2) is 5.09. The van der Waals surface area contributed by atoms with Gasteiger partial charge in [0.25, 0.3) is 0 Å². The van der Waals surface area contributed by atoms with Gasteiger partial charge in [-0.3, -0.25) is 9.97 Å². The summed E-state index contributed by atoms with van der Waals surface area (Å²) in [5.74, 6) is 0.803. The van der Waals surface area contributed by atoms with Crippen LogP contribution in [0.15, 0.2) is 36.7 Å². The molecule has 0 aliphatic carbocycles. The second-order valence-electron chi connectivity index (χ2n) is 4.57. The lowest BCUT2D eigenvalue weighted by Gasteiger charge is -2.27. The molecule has 2 aromatic rings. The van der Waals surface area contributed by atoms with Crippen LogP contribution in [0.1, 0.15) is 30.8 Å². The zero-order valence-electron chi connectivity index (χ0n) is 10.4. The Hall–Kier alpha value is -1.37.